The maximum absolute atomic E-state index is 13.5. The van der Waals surface area contributed by atoms with Gasteiger partial charge in [-0.1, -0.05) is 6.07 Å². The summed E-state index contributed by atoms with van der Waals surface area (Å²) in [6, 6.07) is 13.1. The van der Waals surface area contributed by atoms with Gasteiger partial charge >= 0.3 is 0 Å². The van der Waals surface area contributed by atoms with Crippen molar-refractivity contribution in [3.05, 3.63) is 65.5 Å². The number of ether oxygens (including phenoxy) is 1. The number of aliphatic hydroxyl groups is 1. The number of benzene rings is 2. The molecule has 0 aliphatic carbocycles. The number of amides is 1. The highest BCUT2D eigenvalue weighted by Gasteiger charge is 2.39. The molecule has 0 saturated carbocycles. The summed E-state index contributed by atoms with van der Waals surface area (Å²) in [7, 11) is 3.55. The predicted octanol–water partition coefficient (Wildman–Crippen LogP) is 3.93. The number of methoxy groups -OCH3 is 1. The van der Waals surface area contributed by atoms with Gasteiger partial charge in [0.15, 0.2) is 0 Å². The van der Waals surface area contributed by atoms with Crippen molar-refractivity contribution >= 4 is 11.6 Å². The van der Waals surface area contributed by atoms with Crippen LogP contribution in [0.1, 0.15) is 53.7 Å². The van der Waals surface area contributed by atoms with Crippen LogP contribution in [0.3, 0.4) is 0 Å². The Morgan fingerprint density at radius 1 is 1.16 bits per heavy atom. The fourth-order valence-electron chi connectivity index (χ4n) is 5.96. The zero-order chi connectivity index (χ0) is 26.8. The average molecular weight is 518 g/mol. The van der Waals surface area contributed by atoms with Crippen LogP contribution in [-0.4, -0.2) is 71.1 Å². The number of anilines is 1. The smallest absolute Gasteiger partial charge is 0.252 e. The maximum atomic E-state index is 13.5. The van der Waals surface area contributed by atoms with E-state index in [1.807, 2.05) is 51.5 Å². The number of piperazine rings is 1. The molecular weight excluding hydrogens is 478 g/mol. The Balaban J connectivity index is 1.32. The lowest BCUT2D eigenvalue weighted by atomic mass is 10.0. The Morgan fingerprint density at radius 3 is 2.58 bits per heavy atom. The fourth-order valence-corrected chi connectivity index (χ4v) is 5.96. The molecule has 2 N–H and O–H groups in total. The molecule has 2 aromatic carbocycles. The highest BCUT2D eigenvalue weighted by Crippen LogP contribution is 2.34. The van der Waals surface area contributed by atoms with Gasteiger partial charge in [0.2, 0.25) is 0 Å². The minimum absolute atomic E-state index is 0.0767. The molecule has 0 spiro atoms. The Morgan fingerprint density at radius 2 is 1.92 bits per heavy atom. The van der Waals surface area contributed by atoms with Gasteiger partial charge in [-0.2, -0.15) is 5.10 Å². The first kappa shape index (κ1) is 26.3. The molecule has 0 unspecified atom stereocenters. The summed E-state index contributed by atoms with van der Waals surface area (Å²) in [5.41, 5.74) is 5.75. The van der Waals surface area contributed by atoms with Crippen molar-refractivity contribution in [3.63, 3.8) is 0 Å². The number of hydrogen-bond donors (Lipinski definition) is 2. The second-order valence-electron chi connectivity index (χ2n) is 10.7. The monoisotopic (exact) mass is 517 g/mol. The first-order chi connectivity index (χ1) is 18.4. The van der Waals surface area contributed by atoms with Crippen molar-refractivity contribution in [2.24, 2.45) is 7.05 Å². The molecule has 38 heavy (non-hydrogen) atoms. The van der Waals surface area contributed by atoms with E-state index in [1.165, 1.54) is 12.8 Å². The van der Waals surface area contributed by atoms with Gasteiger partial charge in [-0.25, -0.2) is 0 Å². The quantitative estimate of drug-likeness (QED) is 0.448. The molecule has 2 aliphatic heterocycles. The summed E-state index contributed by atoms with van der Waals surface area (Å²) >= 11 is 0. The van der Waals surface area contributed by atoms with E-state index in [1.54, 1.807) is 11.8 Å². The minimum Gasteiger partial charge on any atom is -0.497 e. The van der Waals surface area contributed by atoms with Crippen molar-refractivity contribution < 1.29 is 14.6 Å². The molecule has 8 heteroatoms. The van der Waals surface area contributed by atoms with Gasteiger partial charge in [-0.05, 0) is 80.1 Å². The highest BCUT2D eigenvalue weighted by molar-refractivity contribution is 5.97. The van der Waals surface area contributed by atoms with Crippen LogP contribution in [0.25, 0.3) is 11.1 Å². The van der Waals surface area contributed by atoms with Gasteiger partial charge in [0.1, 0.15) is 5.75 Å². The van der Waals surface area contributed by atoms with Crippen LogP contribution < -0.4 is 15.0 Å². The number of aromatic nitrogens is 2. The van der Waals surface area contributed by atoms with Gasteiger partial charge in [-0.15, -0.1) is 0 Å². The van der Waals surface area contributed by atoms with Crippen LogP contribution >= 0.6 is 0 Å². The summed E-state index contributed by atoms with van der Waals surface area (Å²) in [5.74, 6) is 0.667. The summed E-state index contributed by atoms with van der Waals surface area (Å²) in [6.07, 6.45) is 7.03. The van der Waals surface area contributed by atoms with Crippen LogP contribution in [-0.2, 0) is 7.05 Å². The number of nitrogens with zero attached hydrogens (tertiary/aromatic N) is 4. The predicted molar refractivity (Wildman–Crippen MR) is 150 cm³/mol. The lowest BCUT2D eigenvalue weighted by molar-refractivity contribution is 0.0939. The SMILES string of the molecule is COc1cc(-c2cnn(C)c2)cc([C@@H](C)NC(=O)c2cc(N3C[C@H]4CC[C@@H](C3)N4CCCO)ccc2C)c1. The van der Waals surface area contributed by atoms with Crippen molar-refractivity contribution in [2.75, 3.05) is 38.3 Å². The molecule has 1 amide bonds. The van der Waals surface area contributed by atoms with Crippen molar-refractivity contribution in [2.45, 2.75) is 51.2 Å². The molecule has 2 saturated heterocycles. The second kappa shape index (κ2) is 11.2. The average Bonchev–Trinajstić information content (AvgIpc) is 3.45. The molecule has 8 nitrogen and oxygen atoms in total. The summed E-state index contributed by atoms with van der Waals surface area (Å²) in [6.45, 7) is 7.13. The molecule has 3 atom stereocenters. The number of fused-ring (bicyclic) bond motifs is 2. The fraction of sp³-hybridized carbons (Fsp3) is 0.467. The topological polar surface area (TPSA) is 82.9 Å². The van der Waals surface area contributed by atoms with Gasteiger partial charge in [0.25, 0.3) is 5.91 Å². The molecule has 3 aromatic rings. The summed E-state index contributed by atoms with van der Waals surface area (Å²) in [4.78, 5) is 18.5. The third kappa shape index (κ3) is 5.42. The zero-order valence-corrected chi connectivity index (χ0v) is 22.9. The van der Waals surface area contributed by atoms with Gasteiger partial charge in [0.05, 0.1) is 19.3 Å². The van der Waals surface area contributed by atoms with E-state index in [2.05, 4.69) is 38.4 Å². The number of carbonyl (C=O) groups excluding carboxylic acids is 1. The first-order valence-corrected chi connectivity index (χ1v) is 13.6. The molecule has 3 heterocycles. The van der Waals surface area contributed by atoms with Crippen molar-refractivity contribution in [1.29, 1.82) is 0 Å². The van der Waals surface area contributed by atoms with Gasteiger partial charge in [-0.3, -0.25) is 14.4 Å². The number of aryl methyl sites for hydroxylation is 2. The largest absolute Gasteiger partial charge is 0.497 e. The molecule has 0 radical (unpaired) electrons. The number of rotatable bonds is 9. The first-order valence-electron chi connectivity index (χ1n) is 13.6. The summed E-state index contributed by atoms with van der Waals surface area (Å²) < 4.78 is 7.33. The number of hydrogen-bond acceptors (Lipinski definition) is 6. The minimum atomic E-state index is -0.206. The highest BCUT2D eigenvalue weighted by atomic mass is 16.5. The molecule has 2 fully saturated rings. The van der Waals surface area contributed by atoms with E-state index in [-0.39, 0.29) is 18.6 Å². The Labute approximate surface area is 225 Å². The van der Waals surface area contributed by atoms with Crippen LogP contribution in [0.15, 0.2) is 48.8 Å². The van der Waals surface area contributed by atoms with Crippen LogP contribution in [0, 0.1) is 6.92 Å². The number of nitrogens with one attached hydrogen (secondary N) is 1. The van der Waals surface area contributed by atoms with E-state index in [4.69, 9.17) is 4.74 Å². The van der Waals surface area contributed by atoms with Crippen LogP contribution in [0.4, 0.5) is 5.69 Å². The van der Waals surface area contributed by atoms with E-state index >= 15 is 0 Å². The third-order valence-electron chi connectivity index (χ3n) is 8.09. The Bertz CT molecular complexity index is 1270. The Kier molecular flexibility index (Phi) is 7.72. The number of aliphatic hydroxyl groups excluding tert-OH is 1. The maximum Gasteiger partial charge on any atom is 0.252 e. The molecule has 2 bridgehead atoms. The van der Waals surface area contributed by atoms with E-state index in [0.29, 0.717) is 17.6 Å². The van der Waals surface area contributed by atoms with Crippen LogP contribution in [0.5, 0.6) is 5.75 Å². The summed E-state index contributed by atoms with van der Waals surface area (Å²) in [5, 5.41) is 16.8. The number of carbonyl (C=O) groups is 1. The van der Waals surface area contributed by atoms with E-state index in [0.717, 1.165) is 59.7 Å². The second-order valence-corrected chi connectivity index (χ2v) is 10.7. The molecule has 5 rings (SSSR count). The Hall–Kier alpha value is -3.36. The lowest BCUT2D eigenvalue weighted by Crippen LogP contribution is -2.54. The standard InChI is InChI=1S/C30H39N5O3/c1-20-6-7-25(34-18-26-8-9-27(19-34)35(26)10-5-11-36)15-29(20)30(37)32-21(2)22-12-23(14-28(13-22)38-4)24-16-31-33(3)17-24/h6-7,12-17,21,26-27,36H,5,8-11,18-19H2,1-4H3,(H,32,37)/t21-,26-,27+/m1/s1. The van der Waals surface area contributed by atoms with Gasteiger partial charge in [0, 0.05) is 68.4 Å². The molecule has 1 aromatic heterocycles. The van der Waals surface area contributed by atoms with Crippen molar-refractivity contribution in [3.8, 4) is 16.9 Å². The molecule has 2 aliphatic rings. The normalized spacial score (nSPS) is 20.0. The van der Waals surface area contributed by atoms with Crippen LogP contribution in [0.2, 0.25) is 0 Å². The van der Waals surface area contributed by atoms with E-state index in [9.17, 15) is 9.90 Å². The molecular formula is C30H39N5O3. The molecule has 202 valence electrons. The van der Waals surface area contributed by atoms with E-state index < -0.39 is 0 Å². The third-order valence-corrected chi connectivity index (χ3v) is 8.09. The van der Waals surface area contributed by atoms with Crippen molar-refractivity contribution in [1.82, 2.24) is 20.0 Å². The lowest BCUT2D eigenvalue weighted by Gasteiger charge is -2.42. The zero-order valence-electron chi connectivity index (χ0n) is 22.9. The van der Waals surface area contributed by atoms with Gasteiger partial charge < -0.3 is 20.1 Å².